The highest BCUT2D eigenvalue weighted by Gasteiger charge is 2.20. The highest BCUT2D eigenvalue weighted by Crippen LogP contribution is 2.27. The number of methoxy groups -OCH3 is 1. The summed E-state index contributed by atoms with van der Waals surface area (Å²) < 4.78 is 7.34. The summed E-state index contributed by atoms with van der Waals surface area (Å²) in [6, 6.07) is 3.84. The molecule has 3 rings (SSSR count). The summed E-state index contributed by atoms with van der Waals surface area (Å²) in [5, 5.41) is 23.1. The van der Waals surface area contributed by atoms with Gasteiger partial charge in [0.25, 0.3) is 5.56 Å². The van der Waals surface area contributed by atoms with Crippen LogP contribution in [0.5, 0.6) is 5.75 Å². The molecule has 11 nitrogen and oxygen atoms in total. The fourth-order valence-corrected chi connectivity index (χ4v) is 2.73. The second-order valence-corrected chi connectivity index (χ2v) is 5.72. The summed E-state index contributed by atoms with van der Waals surface area (Å²) >= 11 is 0. The van der Waals surface area contributed by atoms with Crippen LogP contribution >= 0.6 is 0 Å². The lowest BCUT2D eigenvalue weighted by atomic mass is 10.1. The maximum atomic E-state index is 12.7. The number of Topliss-reactive ketones (excluding diaryl/α,β-unsaturated/α-hetero) is 1. The standard InChI is InChI=1S/C16H16N6O5/c1-4-20-15-14(9(2)18-20)17-19-21(16(15)24)8-12(23)10-5-6-13(27-3)11(7-10)22(25)26/h5-7H,4,8H2,1-3H3. The first-order chi connectivity index (χ1) is 12.9. The van der Waals surface area contributed by atoms with Gasteiger partial charge in [-0.1, -0.05) is 5.21 Å². The Balaban J connectivity index is 1.99. The molecule has 3 aromatic rings. The molecule has 0 saturated heterocycles. The van der Waals surface area contributed by atoms with Crippen molar-refractivity contribution in [2.24, 2.45) is 0 Å². The molecular weight excluding hydrogens is 356 g/mol. The minimum Gasteiger partial charge on any atom is -0.490 e. The number of nitro groups is 1. The molecule has 0 bridgehead atoms. The van der Waals surface area contributed by atoms with Crippen LogP contribution in [0.3, 0.4) is 0 Å². The topological polar surface area (TPSA) is 135 Å². The van der Waals surface area contributed by atoms with E-state index >= 15 is 0 Å². The van der Waals surface area contributed by atoms with Gasteiger partial charge in [0, 0.05) is 18.2 Å². The van der Waals surface area contributed by atoms with E-state index in [1.807, 2.05) is 6.92 Å². The lowest BCUT2D eigenvalue weighted by molar-refractivity contribution is -0.385. The maximum absolute atomic E-state index is 12.7. The van der Waals surface area contributed by atoms with Crippen LogP contribution < -0.4 is 10.3 Å². The number of aryl methyl sites for hydroxylation is 2. The quantitative estimate of drug-likeness (QED) is 0.357. The van der Waals surface area contributed by atoms with E-state index in [-0.39, 0.29) is 22.5 Å². The number of nitro benzene ring substituents is 1. The molecule has 2 aromatic heterocycles. The van der Waals surface area contributed by atoms with Crippen LogP contribution in [0.1, 0.15) is 23.0 Å². The number of hydrogen-bond donors (Lipinski definition) is 0. The van der Waals surface area contributed by atoms with E-state index in [4.69, 9.17) is 4.74 Å². The van der Waals surface area contributed by atoms with Crippen LogP contribution in [0.2, 0.25) is 0 Å². The largest absolute Gasteiger partial charge is 0.490 e. The SMILES string of the molecule is CCn1nc(C)c2nnn(CC(=O)c3ccc(OC)c([N+](=O)[O-])c3)c(=O)c21. The summed E-state index contributed by atoms with van der Waals surface area (Å²) in [7, 11) is 1.30. The molecular formula is C16H16N6O5. The Morgan fingerprint density at radius 2 is 2.07 bits per heavy atom. The number of aromatic nitrogens is 5. The fraction of sp³-hybridized carbons (Fsp3) is 0.312. The molecule has 140 valence electrons. The Morgan fingerprint density at radius 1 is 1.33 bits per heavy atom. The van der Waals surface area contributed by atoms with Crippen molar-refractivity contribution in [1.29, 1.82) is 0 Å². The molecule has 2 heterocycles. The van der Waals surface area contributed by atoms with E-state index in [1.165, 1.54) is 23.9 Å². The molecule has 0 saturated carbocycles. The number of ketones is 1. The van der Waals surface area contributed by atoms with E-state index in [0.29, 0.717) is 17.8 Å². The second kappa shape index (κ2) is 6.94. The predicted octanol–water partition coefficient (Wildman–Crippen LogP) is 1.12. The zero-order valence-corrected chi connectivity index (χ0v) is 14.9. The number of carbonyl (C=O) groups excluding carboxylic acids is 1. The number of hydrogen-bond acceptors (Lipinski definition) is 8. The second-order valence-electron chi connectivity index (χ2n) is 5.72. The monoisotopic (exact) mass is 372 g/mol. The van der Waals surface area contributed by atoms with Gasteiger partial charge in [0.15, 0.2) is 17.0 Å². The van der Waals surface area contributed by atoms with Gasteiger partial charge in [0.2, 0.25) is 0 Å². The Morgan fingerprint density at radius 3 is 2.70 bits per heavy atom. The number of rotatable bonds is 6. The Kier molecular flexibility index (Phi) is 4.67. The van der Waals surface area contributed by atoms with Gasteiger partial charge in [-0.3, -0.25) is 24.4 Å². The first-order valence-electron chi connectivity index (χ1n) is 8.03. The van der Waals surface area contributed by atoms with Crippen molar-refractivity contribution >= 4 is 22.5 Å². The summed E-state index contributed by atoms with van der Waals surface area (Å²) in [5.74, 6) is -0.479. The van der Waals surface area contributed by atoms with Gasteiger partial charge in [-0.15, -0.1) is 5.10 Å². The summed E-state index contributed by atoms with van der Waals surface area (Å²) in [5.41, 5.74) is 0.442. The van der Waals surface area contributed by atoms with Gasteiger partial charge in [-0.25, -0.2) is 4.68 Å². The van der Waals surface area contributed by atoms with Gasteiger partial charge >= 0.3 is 5.69 Å². The molecule has 0 atom stereocenters. The van der Waals surface area contributed by atoms with Crippen molar-refractivity contribution in [3.63, 3.8) is 0 Å². The van der Waals surface area contributed by atoms with Crippen molar-refractivity contribution in [1.82, 2.24) is 24.8 Å². The molecule has 0 aliphatic rings. The van der Waals surface area contributed by atoms with Gasteiger partial charge in [-0.05, 0) is 26.0 Å². The molecule has 0 unspecified atom stereocenters. The third kappa shape index (κ3) is 3.14. The van der Waals surface area contributed by atoms with Crippen molar-refractivity contribution < 1.29 is 14.5 Å². The van der Waals surface area contributed by atoms with E-state index in [2.05, 4.69) is 15.4 Å². The number of nitrogens with zero attached hydrogens (tertiary/aromatic N) is 6. The van der Waals surface area contributed by atoms with Crippen LogP contribution in [0.25, 0.3) is 11.0 Å². The molecule has 0 radical (unpaired) electrons. The molecule has 0 N–H and O–H groups in total. The van der Waals surface area contributed by atoms with Crippen molar-refractivity contribution in [3.8, 4) is 5.75 Å². The van der Waals surface area contributed by atoms with E-state index < -0.39 is 22.8 Å². The minimum absolute atomic E-state index is 0.0391. The van der Waals surface area contributed by atoms with Gasteiger partial charge in [0.05, 0.1) is 17.7 Å². The summed E-state index contributed by atoms with van der Waals surface area (Å²) in [4.78, 5) is 35.7. The molecule has 11 heteroatoms. The highest BCUT2D eigenvalue weighted by atomic mass is 16.6. The zero-order valence-electron chi connectivity index (χ0n) is 14.9. The van der Waals surface area contributed by atoms with Gasteiger partial charge in [-0.2, -0.15) is 5.10 Å². The normalized spacial score (nSPS) is 10.9. The van der Waals surface area contributed by atoms with Crippen LogP contribution in [0.15, 0.2) is 23.0 Å². The predicted molar refractivity (Wildman–Crippen MR) is 94.0 cm³/mol. The molecule has 0 aliphatic heterocycles. The van der Waals surface area contributed by atoms with E-state index in [1.54, 1.807) is 6.92 Å². The third-order valence-corrected chi connectivity index (χ3v) is 4.08. The van der Waals surface area contributed by atoms with E-state index in [0.717, 1.165) is 10.7 Å². The Bertz CT molecular complexity index is 1120. The van der Waals surface area contributed by atoms with Crippen molar-refractivity contribution in [2.45, 2.75) is 26.9 Å². The molecule has 0 spiro atoms. The lowest BCUT2D eigenvalue weighted by Crippen LogP contribution is -2.29. The molecule has 1 aromatic carbocycles. The zero-order chi connectivity index (χ0) is 19.7. The van der Waals surface area contributed by atoms with Gasteiger partial charge < -0.3 is 4.74 Å². The minimum atomic E-state index is -0.643. The first kappa shape index (κ1) is 18.2. The fourth-order valence-electron chi connectivity index (χ4n) is 2.73. The van der Waals surface area contributed by atoms with Crippen LogP contribution in [0, 0.1) is 17.0 Å². The Labute approximate surface area is 152 Å². The molecule has 0 amide bonds. The molecule has 0 aliphatic carbocycles. The lowest BCUT2D eigenvalue weighted by Gasteiger charge is -2.06. The number of benzene rings is 1. The van der Waals surface area contributed by atoms with Crippen LogP contribution in [-0.2, 0) is 13.1 Å². The smallest absolute Gasteiger partial charge is 0.311 e. The average Bonchev–Trinajstić information content (AvgIpc) is 2.99. The Hall–Kier alpha value is -3.63. The number of carbonyl (C=O) groups is 1. The highest BCUT2D eigenvalue weighted by molar-refractivity contribution is 5.96. The first-order valence-corrected chi connectivity index (χ1v) is 8.03. The van der Waals surface area contributed by atoms with Crippen molar-refractivity contribution in [2.75, 3.05) is 7.11 Å². The summed E-state index contributed by atoms with van der Waals surface area (Å²) in [6.45, 7) is 3.61. The van der Waals surface area contributed by atoms with Crippen LogP contribution in [0.4, 0.5) is 5.69 Å². The molecule has 27 heavy (non-hydrogen) atoms. The number of ether oxygens (including phenoxy) is 1. The number of fused-ring (bicyclic) bond motifs is 1. The van der Waals surface area contributed by atoms with Crippen LogP contribution in [-0.4, -0.2) is 42.6 Å². The third-order valence-electron chi connectivity index (χ3n) is 4.08. The van der Waals surface area contributed by atoms with Gasteiger partial charge in [0.1, 0.15) is 12.1 Å². The van der Waals surface area contributed by atoms with E-state index in [9.17, 15) is 19.7 Å². The average molecular weight is 372 g/mol. The molecule has 0 fully saturated rings. The maximum Gasteiger partial charge on any atom is 0.311 e. The van der Waals surface area contributed by atoms with Crippen molar-refractivity contribution in [3.05, 3.63) is 49.9 Å². The summed E-state index contributed by atoms with van der Waals surface area (Å²) in [6.07, 6.45) is 0.